The van der Waals surface area contributed by atoms with E-state index in [1.165, 1.54) is 103 Å². The zero-order valence-electron chi connectivity index (χ0n) is 38.9. The summed E-state index contributed by atoms with van der Waals surface area (Å²) in [6, 6.07) is 0. The van der Waals surface area contributed by atoms with Gasteiger partial charge in [0.15, 0.2) is 0 Å². The summed E-state index contributed by atoms with van der Waals surface area (Å²) in [5.41, 5.74) is 0. The average molecular weight is 809 g/mol. The minimum atomic E-state index is -0.147. The minimum absolute atomic E-state index is 0.0432. The molecule has 0 heterocycles. The number of hydrogen-bond acceptors (Lipinski definition) is 8. The first-order valence-corrected chi connectivity index (χ1v) is 24.6. The maximum Gasteiger partial charge on any atom is 0.320 e. The molecule has 2 unspecified atom stereocenters. The molecule has 0 radical (unpaired) electrons. The van der Waals surface area contributed by atoms with E-state index in [0.29, 0.717) is 26.4 Å². The van der Waals surface area contributed by atoms with E-state index in [-0.39, 0.29) is 29.7 Å². The van der Waals surface area contributed by atoms with Crippen molar-refractivity contribution < 1.29 is 28.6 Å². The van der Waals surface area contributed by atoms with Crippen molar-refractivity contribution >= 4 is 17.9 Å². The molecule has 0 saturated carbocycles. The second-order valence-electron chi connectivity index (χ2n) is 17.3. The van der Waals surface area contributed by atoms with Crippen LogP contribution < -0.4 is 0 Å². The summed E-state index contributed by atoms with van der Waals surface area (Å²) in [4.78, 5) is 41.8. The van der Waals surface area contributed by atoms with Crippen molar-refractivity contribution in [1.82, 2.24) is 9.80 Å². The predicted octanol–water partition coefficient (Wildman–Crippen LogP) is 12.9. The lowest BCUT2D eigenvalue weighted by atomic mass is 9.95. The average Bonchev–Trinajstić information content (AvgIpc) is 3.19. The van der Waals surface area contributed by atoms with Crippen LogP contribution in [-0.2, 0) is 28.6 Å². The van der Waals surface area contributed by atoms with Crippen molar-refractivity contribution in [3.8, 4) is 0 Å². The Balaban J connectivity index is 4.30. The van der Waals surface area contributed by atoms with Gasteiger partial charge in [-0.25, -0.2) is 0 Å². The highest BCUT2D eigenvalue weighted by Gasteiger charge is 2.20. The Bertz CT molecular complexity index is 843. The van der Waals surface area contributed by atoms with Crippen LogP contribution in [0.15, 0.2) is 0 Å². The third-order valence-electron chi connectivity index (χ3n) is 11.3. The molecule has 0 aromatic rings. The Labute approximate surface area is 354 Å². The summed E-state index contributed by atoms with van der Waals surface area (Å²) < 4.78 is 16.9. The Morgan fingerprint density at radius 2 is 0.719 bits per heavy atom. The summed E-state index contributed by atoms with van der Waals surface area (Å²) in [7, 11) is 3.78. The molecule has 0 aliphatic rings. The van der Waals surface area contributed by atoms with Crippen molar-refractivity contribution in [2.75, 3.05) is 60.1 Å². The first-order chi connectivity index (χ1) is 27.8. The fourth-order valence-electron chi connectivity index (χ4n) is 7.63. The topological polar surface area (TPSA) is 85.4 Å². The molecule has 0 rings (SSSR count). The van der Waals surface area contributed by atoms with Crippen LogP contribution in [0.4, 0.5) is 0 Å². The number of esters is 3. The van der Waals surface area contributed by atoms with E-state index in [4.69, 9.17) is 14.2 Å². The number of carbonyl (C=O) groups is 3. The van der Waals surface area contributed by atoms with Crippen LogP contribution in [0.5, 0.6) is 0 Å². The largest absolute Gasteiger partial charge is 0.465 e. The Hall–Kier alpha value is -1.67. The van der Waals surface area contributed by atoms with Crippen LogP contribution in [-0.4, -0.2) is 87.8 Å². The molecule has 8 nitrogen and oxygen atoms in total. The van der Waals surface area contributed by atoms with Gasteiger partial charge in [-0.05, 0) is 85.0 Å². The van der Waals surface area contributed by atoms with Gasteiger partial charge in [-0.2, -0.15) is 0 Å². The number of carbonyl (C=O) groups excluding carboxylic acids is 3. The van der Waals surface area contributed by atoms with Crippen LogP contribution in [0.2, 0.25) is 0 Å². The van der Waals surface area contributed by atoms with Gasteiger partial charge in [-0.15, -0.1) is 0 Å². The van der Waals surface area contributed by atoms with E-state index < -0.39 is 0 Å². The molecular formula is C49H96N2O6. The minimum Gasteiger partial charge on any atom is -0.465 e. The fourth-order valence-corrected chi connectivity index (χ4v) is 7.63. The normalized spacial score (nSPS) is 12.6. The summed E-state index contributed by atoms with van der Waals surface area (Å²) in [5, 5.41) is 0. The molecule has 0 aromatic carbocycles. The fraction of sp³-hybridized carbons (Fsp3) is 0.939. The lowest BCUT2D eigenvalue weighted by molar-refractivity contribution is -0.150. The molecule has 0 spiro atoms. The van der Waals surface area contributed by atoms with Gasteiger partial charge in [0.1, 0.15) is 0 Å². The van der Waals surface area contributed by atoms with Crippen molar-refractivity contribution in [3.05, 3.63) is 0 Å². The van der Waals surface area contributed by atoms with E-state index in [0.717, 1.165) is 116 Å². The van der Waals surface area contributed by atoms with E-state index in [2.05, 4.69) is 32.6 Å². The third-order valence-corrected chi connectivity index (χ3v) is 11.3. The monoisotopic (exact) mass is 809 g/mol. The summed E-state index contributed by atoms with van der Waals surface area (Å²) in [6.07, 6.45) is 35.5. The van der Waals surface area contributed by atoms with Gasteiger partial charge in [0, 0.05) is 6.54 Å². The van der Waals surface area contributed by atoms with Gasteiger partial charge in [-0.3, -0.25) is 19.3 Å². The quantitative estimate of drug-likeness (QED) is 0.0342. The van der Waals surface area contributed by atoms with Gasteiger partial charge in [0.25, 0.3) is 0 Å². The van der Waals surface area contributed by atoms with E-state index in [1.807, 2.05) is 19.0 Å². The zero-order chi connectivity index (χ0) is 42.0. The predicted molar refractivity (Wildman–Crippen MR) is 241 cm³/mol. The second kappa shape index (κ2) is 42.5. The number of hydrogen-bond donors (Lipinski definition) is 0. The number of unbranched alkanes of at least 4 members (excludes halogenated alkanes) is 20. The summed E-state index contributed by atoms with van der Waals surface area (Å²) >= 11 is 0. The van der Waals surface area contributed by atoms with E-state index in [1.54, 1.807) is 0 Å². The van der Waals surface area contributed by atoms with Crippen LogP contribution >= 0.6 is 0 Å². The lowest BCUT2D eigenvalue weighted by Gasteiger charge is -2.22. The molecule has 2 atom stereocenters. The number of likely N-dealkylation sites (N-methyl/N-ethyl adjacent to an activating group) is 1. The van der Waals surface area contributed by atoms with Crippen molar-refractivity contribution in [1.29, 1.82) is 0 Å². The molecule has 0 aliphatic carbocycles. The molecule has 0 aromatic heterocycles. The Morgan fingerprint density at radius 3 is 1.12 bits per heavy atom. The maximum absolute atomic E-state index is 12.7. The van der Waals surface area contributed by atoms with Crippen LogP contribution in [0.1, 0.15) is 227 Å². The highest BCUT2D eigenvalue weighted by Crippen LogP contribution is 2.21. The van der Waals surface area contributed by atoms with Gasteiger partial charge >= 0.3 is 17.9 Å². The molecule has 0 N–H and O–H groups in total. The van der Waals surface area contributed by atoms with E-state index >= 15 is 0 Å². The maximum atomic E-state index is 12.7. The van der Waals surface area contributed by atoms with Gasteiger partial charge in [0.05, 0.1) is 38.2 Å². The number of rotatable bonds is 44. The molecule has 0 bridgehead atoms. The van der Waals surface area contributed by atoms with E-state index in [9.17, 15) is 14.4 Å². The molecule has 0 fully saturated rings. The van der Waals surface area contributed by atoms with Gasteiger partial charge < -0.3 is 19.1 Å². The van der Waals surface area contributed by atoms with Gasteiger partial charge in [0.2, 0.25) is 0 Å². The number of ether oxygens (including phenoxy) is 3. The molecule has 0 amide bonds. The molecule has 0 saturated heterocycles. The molecule has 8 heteroatoms. The Morgan fingerprint density at radius 1 is 0.386 bits per heavy atom. The SMILES string of the molecule is CCCCCCC(CCCC)C(=O)OCCCCCCCCCN(CCCCCCCCCOC(=O)C(CCCC)CCCCCC)CCCOC(=O)CN(C)C. The second-order valence-corrected chi connectivity index (χ2v) is 17.3. The van der Waals surface area contributed by atoms with Crippen LogP contribution in [0.3, 0.4) is 0 Å². The summed E-state index contributed by atoms with van der Waals surface area (Å²) in [6.45, 7) is 14.0. The molecular weight excluding hydrogens is 713 g/mol. The van der Waals surface area contributed by atoms with Gasteiger partial charge in [-0.1, -0.05) is 169 Å². The van der Waals surface area contributed by atoms with Crippen molar-refractivity contribution in [3.63, 3.8) is 0 Å². The first kappa shape index (κ1) is 55.3. The Kier molecular flexibility index (Phi) is 41.2. The smallest absolute Gasteiger partial charge is 0.320 e. The van der Waals surface area contributed by atoms with Crippen LogP contribution in [0.25, 0.3) is 0 Å². The molecule has 57 heavy (non-hydrogen) atoms. The number of nitrogens with zero attached hydrogens (tertiary/aromatic N) is 2. The van der Waals surface area contributed by atoms with Crippen molar-refractivity contribution in [2.45, 2.75) is 227 Å². The standard InChI is InChI=1S/C49H96N2O6/c1-7-11-15-27-36-45(34-13-9-3)48(53)56-41-31-25-21-17-19-23-29-38-51(40-33-43-55-47(52)44-50(5)6)39-30-24-20-18-22-26-32-42-57-49(54)46(35-14-10-4)37-28-16-12-8-2/h45-46H,7-44H2,1-6H3. The highest BCUT2D eigenvalue weighted by atomic mass is 16.5. The summed E-state index contributed by atoms with van der Waals surface area (Å²) in [5.74, 6) is 0.130. The third kappa shape index (κ3) is 37.1. The molecule has 338 valence electrons. The lowest BCUT2D eigenvalue weighted by Crippen LogP contribution is -2.29. The molecule has 0 aliphatic heterocycles. The first-order valence-electron chi connectivity index (χ1n) is 24.6. The zero-order valence-corrected chi connectivity index (χ0v) is 38.9. The van der Waals surface area contributed by atoms with Crippen LogP contribution in [0, 0.1) is 11.8 Å². The highest BCUT2D eigenvalue weighted by molar-refractivity contribution is 5.72. The van der Waals surface area contributed by atoms with Crippen molar-refractivity contribution in [2.24, 2.45) is 11.8 Å².